The molecular formula is C26H33N5O3S. The van der Waals surface area contributed by atoms with Crippen LogP contribution in [0.15, 0.2) is 59.8 Å². The molecule has 0 aliphatic carbocycles. The maximum absolute atomic E-state index is 13.8. The molecule has 0 amide bonds. The van der Waals surface area contributed by atoms with E-state index in [0.29, 0.717) is 38.6 Å². The Labute approximate surface area is 207 Å². The number of hydrogen-bond donors (Lipinski definition) is 0. The number of methoxy groups -OCH3 is 1. The van der Waals surface area contributed by atoms with E-state index in [9.17, 15) is 8.42 Å². The number of ether oxygens (including phenoxy) is 1. The lowest BCUT2D eigenvalue weighted by Gasteiger charge is -2.51. The number of rotatable bonds is 7. The molecule has 2 saturated heterocycles. The topological polar surface area (TPSA) is 80.6 Å². The fourth-order valence-electron chi connectivity index (χ4n) is 5.34. The zero-order valence-corrected chi connectivity index (χ0v) is 21.4. The van der Waals surface area contributed by atoms with Gasteiger partial charge in [0.1, 0.15) is 10.7 Å². The van der Waals surface area contributed by atoms with Gasteiger partial charge in [0.15, 0.2) is 0 Å². The second kappa shape index (κ2) is 9.37. The van der Waals surface area contributed by atoms with E-state index < -0.39 is 10.0 Å². The summed E-state index contributed by atoms with van der Waals surface area (Å²) >= 11 is 0. The molecule has 5 rings (SSSR count). The van der Waals surface area contributed by atoms with E-state index >= 15 is 0 Å². The number of nitrogens with zero attached hydrogens (tertiary/aromatic N) is 5. The average molecular weight is 496 g/mol. The molecule has 2 aliphatic heterocycles. The van der Waals surface area contributed by atoms with Gasteiger partial charge in [-0.3, -0.25) is 4.68 Å². The molecule has 2 aliphatic rings. The molecule has 8 nitrogen and oxygen atoms in total. The highest BCUT2D eigenvalue weighted by atomic mass is 32.2. The van der Waals surface area contributed by atoms with Crippen molar-refractivity contribution in [2.75, 3.05) is 44.8 Å². The van der Waals surface area contributed by atoms with Gasteiger partial charge in [0.25, 0.3) is 0 Å². The second-order valence-corrected chi connectivity index (χ2v) is 11.7. The molecule has 1 aromatic carbocycles. The average Bonchev–Trinajstić information content (AvgIpc) is 3.28. The SMILES string of the molecule is COCC1(c2ccccc2)CN(c2nc(C)ccc2S(=O)(=O)N2CCC(n3cc(C)cn3)CC2)C1. The number of anilines is 1. The van der Waals surface area contributed by atoms with E-state index in [2.05, 4.69) is 22.1 Å². The minimum atomic E-state index is -3.68. The summed E-state index contributed by atoms with van der Waals surface area (Å²) in [4.78, 5) is 7.07. The quantitative estimate of drug-likeness (QED) is 0.500. The molecule has 0 radical (unpaired) electrons. The van der Waals surface area contributed by atoms with Crippen LogP contribution in [0.5, 0.6) is 0 Å². The van der Waals surface area contributed by atoms with Crippen LogP contribution in [-0.4, -0.2) is 67.4 Å². The van der Waals surface area contributed by atoms with Crippen LogP contribution in [-0.2, 0) is 20.2 Å². The molecule has 3 aromatic rings. The number of pyridine rings is 1. The van der Waals surface area contributed by atoms with E-state index in [1.54, 1.807) is 23.5 Å². The summed E-state index contributed by atoms with van der Waals surface area (Å²) in [7, 11) is -1.97. The Kier molecular flexibility index (Phi) is 6.41. The van der Waals surface area contributed by atoms with Gasteiger partial charge in [-0.25, -0.2) is 13.4 Å². The van der Waals surface area contributed by atoms with Crippen molar-refractivity contribution in [1.82, 2.24) is 19.1 Å². The summed E-state index contributed by atoms with van der Waals surface area (Å²) in [6, 6.07) is 14.0. The van der Waals surface area contributed by atoms with Crippen molar-refractivity contribution < 1.29 is 13.2 Å². The van der Waals surface area contributed by atoms with Crippen LogP contribution in [0.4, 0.5) is 5.82 Å². The molecule has 186 valence electrons. The molecule has 0 spiro atoms. The molecular weight excluding hydrogens is 462 g/mol. The van der Waals surface area contributed by atoms with Crippen molar-refractivity contribution in [2.24, 2.45) is 0 Å². The fourth-order valence-corrected chi connectivity index (χ4v) is 6.95. The predicted molar refractivity (Wildman–Crippen MR) is 135 cm³/mol. The molecule has 4 heterocycles. The first kappa shape index (κ1) is 24.0. The van der Waals surface area contributed by atoms with Crippen molar-refractivity contribution in [3.05, 3.63) is 71.7 Å². The molecule has 0 unspecified atom stereocenters. The molecule has 2 fully saturated rings. The zero-order chi connectivity index (χ0) is 24.6. The lowest BCUT2D eigenvalue weighted by molar-refractivity contribution is 0.109. The Hall–Kier alpha value is -2.75. The Morgan fingerprint density at radius 2 is 1.77 bits per heavy atom. The van der Waals surface area contributed by atoms with Crippen LogP contribution in [0.2, 0.25) is 0 Å². The van der Waals surface area contributed by atoms with Crippen LogP contribution in [0.25, 0.3) is 0 Å². The fraction of sp³-hybridized carbons (Fsp3) is 0.462. The summed E-state index contributed by atoms with van der Waals surface area (Å²) in [5.74, 6) is 0.539. The maximum atomic E-state index is 13.8. The third-order valence-corrected chi connectivity index (χ3v) is 9.14. The first-order chi connectivity index (χ1) is 16.8. The monoisotopic (exact) mass is 495 g/mol. The summed E-state index contributed by atoms with van der Waals surface area (Å²) in [5.41, 5.74) is 2.94. The van der Waals surface area contributed by atoms with Crippen LogP contribution >= 0.6 is 0 Å². The Balaban J connectivity index is 1.37. The van der Waals surface area contributed by atoms with Crippen molar-refractivity contribution in [3.8, 4) is 0 Å². The van der Waals surface area contributed by atoms with E-state index in [-0.39, 0.29) is 16.4 Å². The van der Waals surface area contributed by atoms with Gasteiger partial charge in [-0.1, -0.05) is 30.3 Å². The van der Waals surface area contributed by atoms with Gasteiger partial charge < -0.3 is 9.64 Å². The first-order valence-electron chi connectivity index (χ1n) is 12.1. The Morgan fingerprint density at radius 1 is 1.06 bits per heavy atom. The lowest BCUT2D eigenvalue weighted by Crippen LogP contribution is -2.62. The molecule has 0 atom stereocenters. The van der Waals surface area contributed by atoms with Crippen LogP contribution < -0.4 is 4.90 Å². The normalized spacial score (nSPS) is 19.0. The van der Waals surface area contributed by atoms with Gasteiger partial charge in [-0.2, -0.15) is 9.40 Å². The smallest absolute Gasteiger partial charge is 0.246 e. The van der Waals surface area contributed by atoms with Gasteiger partial charge in [-0.05, 0) is 49.9 Å². The van der Waals surface area contributed by atoms with Gasteiger partial charge in [-0.15, -0.1) is 0 Å². The summed E-state index contributed by atoms with van der Waals surface area (Å²) in [6.45, 7) is 6.74. The van der Waals surface area contributed by atoms with E-state index in [1.807, 2.05) is 49.1 Å². The number of sulfonamides is 1. The third kappa shape index (κ3) is 4.48. The molecule has 2 aromatic heterocycles. The summed E-state index contributed by atoms with van der Waals surface area (Å²) in [6.07, 6.45) is 5.35. The van der Waals surface area contributed by atoms with Crippen molar-refractivity contribution >= 4 is 15.8 Å². The van der Waals surface area contributed by atoms with Crippen LogP contribution in [0, 0.1) is 13.8 Å². The Bertz CT molecular complexity index is 1280. The minimum absolute atomic E-state index is 0.178. The van der Waals surface area contributed by atoms with Gasteiger partial charge in [0, 0.05) is 45.2 Å². The largest absolute Gasteiger partial charge is 0.384 e. The molecule has 35 heavy (non-hydrogen) atoms. The van der Waals surface area contributed by atoms with Crippen LogP contribution in [0.1, 0.15) is 35.7 Å². The Morgan fingerprint density at radius 3 is 2.40 bits per heavy atom. The number of aryl methyl sites for hydroxylation is 2. The van der Waals surface area contributed by atoms with Gasteiger partial charge in [0.2, 0.25) is 10.0 Å². The molecule has 9 heteroatoms. The minimum Gasteiger partial charge on any atom is -0.384 e. The van der Waals surface area contributed by atoms with E-state index in [1.165, 1.54) is 5.56 Å². The molecule has 0 saturated carbocycles. The lowest BCUT2D eigenvalue weighted by atomic mass is 9.74. The standard InChI is InChI=1S/C26H33N5O3S/c1-20-15-27-31(16-20)23-11-13-30(14-12-23)35(32,33)24-10-9-21(2)28-25(24)29-17-26(18-29,19-34-3)22-7-5-4-6-8-22/h4-10,15-16,23H,11-14,17-19H2,1-3H3. The van der Waals surface area contributed by atoms with Crippen molar-refractivity contribution in [1.29, 1.82) is 0 Å². The summed E-state index contributed by atoms with van der Waals surface area (Å²) < 4.78 is 36.7. The van der Waals surface area contributed by atoms with E-state index in [0.717, 1.165) is 24.1 Å². The first-order valence-corrected chi connectivity index (χ1v) is 13.5. The zero-order valence-electron chi connectivity index (χ0n) is 20.6. The predicted octanol–water partition coefficient (Wildman–Crippen LogP) is 3.33. The van der Waals surface area contributed by atoms with Gasteiger partial charge >= 0.3 is 0 Å². The van der Waals surface area contributed by atoms with Crippen LogP contribution in [0.3, 0.4) is 0 Å². The van der Waals surface area contributed by atoms with Crippen molar-refractivity contribution in [3.63, 3.8) is 0 Å². The number of hydrogen-bond acceptors (Lipinski definition) is 6. The molecule has 0 N–H and O–H groups in total. The highest BCUT2D eigenvalue weighted by Crippen LogP contribution is 2.40. The number of benzene rings is 1. The maximum Gasteiger partial charge on any atom is 0.246 e. The number of piperidine rings is 1. The third-order valence-electron chi connectivity index (χ3n) is 7.22. The van der Waals surface area contributed by atoms with Crippen molar-refractivity contribution in [2.45, 2.75) is 43.0 Å². The highest BCUT2D eigenvalue weighted by molar-refractivity contribution is 7.89. The second-order valence-electron chi connectivity index (χ2n) is 9.84. The van der Waals surface area contributed by atoms with Gasteiger partial charge in [0.05, 0.1) is 24.3 Å². The molecule has 0 bridgehead atoms. The number of aromatic nitrogens is 3. The highest BCUT2D eigenvalue weighted by Gasteiger charge is 2.47. The summed E-state index contributed by atoms with van der Waals surface area (Å²) in [5, 5.41) is 4.43. The van der Waals surface area contributed by atoms with E-state index in [4.69, 9.17) is 9.72 Å².